The van der Waals surface area contributed by atoms with E-state index in [0.29, 0.717) is 17.5 Å². The molecule has 0 radical (unpaired) electrons. The van der Waals surface area contributed by atoms with Gasteiger partial charge in [0.1, 0.15) is 11.2 Å². The van der Waals surface area contributed by atoms with Crippen molar-refractivity contribution in [2.24, 2.45) is 0 Å². The molecule has 0 saturated heterocycles. The van der Waals surface area contributed by atoms with E-state index in [1.807, 2.05) is 0 Å². The second-order valence-electron chi connectivity index (χ2n) is 14.8. The van der Waals surface area contributed by atoms with Gasteiger partial charge in [0.25, 0.3) is 0 Å². The maximum atomic E-state index is 6.44. The Kier molecular flexibility index (Phi) is 7.37. The fraction of sp³-hybridized carbons (Fsp3) is 0. The number of nitrogens with zero attached hydrogens (tertiary/aromatic N) is 3. The molecular formula is C53H31N3OS. The summed E-state index contributed by atoms with van der Waals surface area (Å²) in [5, 5.41) is 9.49. The fourth-order valence-corrected chi connectivity index (χ4v) is 9.61. The van der Waals surface area contributed by atoms with E-state index in [-0.39, 0.29) is 0 Å². The van der Waals surface area contributed by atoms with Gasteiger partial charge >= 0.3 is 0 Å². The van der Waals surface area contributed by atoms with Gasteiger partial charge in [-0.1, -0.05) is 152 Å². The Labute approximate surface area is 337 Å². The lowest BCUT2D eigenvalue weighted by atomic mass is 9.95. The monoisotopic (exact) mass is 757 g/mol. The second kappa shape index (κ2) is 13.1. The minimum Gasteiger partial charge on any atom is -0.456 e. The van der Waals surface area contributed by atoms with Crippen molar-refractivity contribution in [2.45, 2.75) is 0 Å². The Morgan fingerprint density at radius 1 is 0.328 bits per heavy atom. The number of fused-ring (bicyclic) bond motifs is 8. The van der Waals surface area contributed by atoms with Crippen LogP contribution in [0.5, 0.6) is 0 Å². The topological polar surface area (TPSA) is 51.8 Å². The van der Waals surface area contributed by atoms with Crippen LogP contribution in [0.15, 0.2) is 192 Å². The maximum absolute atomic E-state index is 6.44. The van der Waals surface area contributed by atoms with Crippen molar-refractivity contribution in [1.82, 2.24) is 15.0 Å². The predicted octanol–water partition coefficient (Wildman–Crippen LogP) is 14.8. The average molecular weight is 758 g/mol. The summed E-state index contributed by atoms with van der Waals surface area (Å²) in [7, 11) is 0. The Morgan fingerprint density at radius 2 is 0.931 bits per heavy atom. The van der Waals surface area contributed by atoms with Crippen LogP contribution in [0.3, 0.4) is 0 Å². The first-order valence-corrected chi connectivity index (χ1v) is 20.2. The lowest BCUT2D eigenvalue weighted by Crippen LogP contribution is -2.00. The smallest absolute Gasteiger partial charge is 0.164 e. The lowest BCUT2D eigenvalue weighted by Gasteiger charge is -2.10. The van der Waals surface area contributed by atoms with Gasteiger partial charge in [0.05, 0.1) is 0 Å². The van der Waals surface area contributed by atoms with Gasteiger partial charge in [-0.3, -0.25) is 0 Å². The lowest BCUT2D eigenvalue weighted by molar-refractivity contribution is 0.669. The van der Waals surface area contributed by atoms with Crippen LogP contribution < -0.4 is 0 Å². The molecule has 0 fully saturated rings. The molecule has 0 unspecified atom stereocenters. The van der Waals surface area contributed by atoms with E-state index in [4.69, 9.17) is 19.4 Å². The van der Waals surface area contributed by atoms with Gasteiger partial charge in [0.2, 0.25) is 0 Å². The Hall–Kier alpha value is -7.47. The standard InChI is InChI=1S/C53H31N3OS/c1-2-11-36-29-38(24-19-32(36)9-1)52-54-51(55-53(56-52)39-25-27-44-43-14-5-6-18-48(43)58-49(44)31-39)35-22-20-34(21-23-35)42-16-8-17-47-50(42)45-30-37(26-28-46(45)57-47)41-15-7-12-33-10-3-4-13-40(33)41/h1-31H. The SMILES string of the molecule is c1ccc2cc(-c3nc(-c4ccc(-c5cccc6oc7ccc(-c8cccc9ccccc89)cc7c56)cc4)nc(-c4ccc5c(c4)sc4ccccc45)n3)ccc2c1. The summed E-state index contributed by atoms with van der Waals surface area (Å²) in [4.78, 5) is 15.4. The molecule has 4 nitrogen and oxygen atoms in total. The normalized spacial score (nSPS) is 11.8. The van der Waals surface area contributed by atoms with Crippen molar-refractivity contribution in [1.29, 1.82) is 0 Å². The molecule has 0 aliphatic carbocycles. The number of rotatable bonds is 5. The number of thiophene rings is 1. The van der Waals surface area contributed by atoms with E-state index in [9.17, 15) is 0 Å². The molecule has 0 saturated carbocycles. The summed E-state index contributed by atoms with van der Waals surface area (Å²) in [6, 6.07) is 66.4. The molecule has 270 valence electrons. The molecular weight excluding hydrogens is 727 g/mol. The van der Waals surface area contributed by atoms with E-state index < -0.39 is 0 Å². The van der Waals surface area contributed by atoms with Gasteiger partial charge in [-0.2, -0.15) is 0 Å². The molecule has 0 atom stereocenters. The van der Waals surface area contributed by atoms with Gasteiger partial charge < -0.3 is 4.42 Å². The summed E-state index contributed by atoms with van der Waals surface area (Å²) in [6.07, 6.45) is 0. The molecule has 12 rings (SSSR count). The average Bonchev–Trinajstić information content (AvgIpc) is 3.86. The molecule has 3 aromatic heterocycles. The van der Waals surface area contributed by atoms with Crippen LogP contribution in [-0.4, -0.2) is 15.0 Å². The second-order valence-corrected chi connectivity index (χ2v) is 15.9. The van der Waals surface area contributed by atoms with E-state index in [1.54, 1.807) is 11.3 Å². The molecule has 0 aliphatic rings. The van der Waals surface area contributed by atoms with Crippen LogP contribution in [0.1, 0.15) is 0 Å². The highest BCUT2D eigenvalue weighted by atomic mass is 32.1. The first kappa shape index (κ1) is 32.7. The van der Waals surface area contributed by atoms with Crippen LogP contribution in [0.4, 0.5) is 0 Å². The highest BCUT2D eigenvalue weighted by Crippen LogP contribution is 2.41. The van der Waals surface area contributed by atoms with Gasteiger partial charge in [0, 0.05) is 47.6 Å². The predicted molar refractivity (Wildman–Crippen MR) is 242 cm³/mol. The zero-order valence-corrected chi connectivity index (χ0v) is 31.9. The minimum atomic E-state index is 0.628. The molecule has 5 heteroatoms. The first-order chi connectivity index (χ1) is 28.7. The van der Waals surface area contributed by atoms with Gasteiger partial charge in [-0.25, -0.2) is 15.0 Å². The third kappa shape index (κ3) is 5.40. The van der Waals surface area contributed by atoms with Crippen LogP contribution in [-0.2, 0) is 0 Å². The summed E-state index contributed by atoms with van der Waals surface area (Å²) >= 11 is 1.80. The van der Waals surface area contributed by atoms with Crippen molar-refractivity contribution >= 4 is 75.0 Å². The summed E-state index contributed by atoms with van der Waals surface area (Å²) < 4.78 is 8.92. The van der Waals surface area contributed by atoms with E-state index in [2.05, 4.69) is 188 Å². The third-order valence-electron chi connectivity index (χ3n) is 11.3. The van der Waals surface area contributed by atoms with E-state index in [1.165, 1.54) is 41.9 Å². The summed E-state index contributed by atoms with van der Waals surface area (Å²) in [5.41, 5.74) is 9.14. The third-order valence-corrected chi connectivity index (χ3v) is 12.5. The van der Waals surface area contributed by atoms with Crippen molar-refractivity contribution in [2.75, 3.05) is 0 Å². The molecule has 0 amide bonds. The first-order valence-electron chi connectivity index (χ1n) is 19.4. The van der Waals surface area contributed by atoms with Crippen LogP contribution in [0.2, 0.25) is 0 Å². The Morgan fingerprint density at radius 3 is 1.79 bits per heavy atom. The minimum absolute atomic E-state index is 0.628. The fourth-order valence-electron chi connectivity index (χ4n) is 8.47. The largest absolute Gasteiger partial charge is 0.456 e. The number of benzene rings is 9. The highest BCUT2D eigenvalue weighted by molar-refractivity contribution is 7.25. The summed E-state index contributed by atoms with van der Waals surface area (Å²) in [5.74, 6) is 1.92. The summed E-state index contributed by atoms with van der Waals surface area (Å²) in [6.45, 7) is 0. The quantitative estimate of drug-likeness (QED) is 0.175. The van der Waals surface area contributed by atoms with Gasteiger partial charge in [0.15, 0.2) is 17.5 Å². The molecule has 3 heterocycles. The Balaban J connectivity index is 0.977. The zero-order valence-electron chi connectivity index (χ0n) is 31.1. The van der Waals surface area contributed by atoms with Crippen molar-refractivity contribution in [3.8, 4) is 56.4 Å². The highest BCUT2D eigenvalue weighted by Gasteiger charge is 2.17. The molecule has 0 aliphatic heterocycles. The van der Waals surface area contributed by atoms with E-state index >= 15 is 0 Å². The maximum Gasteiger partial charge on any atom is 0.164 e. The van der Waals surface area contributed by atoms with Crippen molar-refractivity contribution < 1.29 is 4.42 Å². The molecule has 12 aromatic rings. The molecule has 0 N–H and O–H groups in total. The molecule has 0 spiro atoms. The van der Waals surface area contributed by atoms with Gasteiger partial charge in [-0.15, -0.1) is 11.3 Å². The number of furan rings is 1. The van der Waals surface area contributed by atoms with Gasteiger partial charge in [-0.05, 0) is 80.2 Å². The Bertz CT molecular complexity index is 3580. The number of hydrogen-bond donors (Lipinski definition) is 0. The number of hydrogen-bond acceptors (Lipinski definition) is 5. The van der Waals surface area contributed by atoms with E-state index in [0.717, 1.165) is 60.7 Å². The van der Waals surface area contributed by atoms with Crippen LogP contribution in [0, 0.1) is 0 Å². The molecule has 58 heavy (non-hydrogen) atoms. The zero-order chi connectivity index (χ0) is 38.2. The van der Waals surface area contributed by atoms with Crippen molar-refractivity contribution in [3.63, 3.8) is 0 Å². The molecule has 9 aromatic carbocycles. The van der Waals surface area contributed by atoms with Crippen LogP contribution >= 0.6 is 11.3 Å². The molecule has 0 bridgehead atoms. The number of aromatic nitrogens is 3. The van der Waals surface area contributed by atoms with Crippen LogP contribution in [0.25, 0.3) is 120 Å². The van der Waals surface area contributed by atoms with Crippen molar-refractivity contribution in [3.05, 3.63) is 188 Å².